The lowest BCUT2D eigenvalue weighted by Crippen LogP contribution is -2.16. The van der Waals surface area contributed by atoms with Crippen molar-refractivity contribution in [2.24, 2.45) is 0 Å². The molecular formula is C15H14N2O2S. The normalized spacial score (nSPS) is 11.9. The predicted octanol–water partition coefficient (Wildman–Crippen LogP) is 2.89. The molecule has 1 heterocycles. The molecule has 0 amide bonds. The standard InChI is InChI=1S/C15H14N2O2S/c1-11-10-12(2)17(16-11)20(18,19)15-9-5-7-13-6-3-4-8-14(13)15/h3-10H,1-2H3. The molecule has 0 radical (unpaired) electrons. The van der Waals surface area contributed by atoms with Crippen molar-refractivity contribution in [1.29, 1.82) is 0 Å². The van der Waals surface area contributed by atoms with Crippen LogP contribution in [0.4, 0.5) is 0 Å². The lowest BCUT2D eigenvalue weighted by Gasteiger charge is -2.09. The second-order valence-corrected chi connectivity index (χ2v) is 6.49. The average Bonchev–Trinajstić information content (AvgIpc) is 2.78. The number of nitrogens with zero attached hydrogens (tertiary/aromatic N) is 2. The van der Waals surface area contributed by atoms with Gasteiger partial charge in [0.2, 0.25) is 0 Å². The van der Waals surface area contributed by atoms with Crippen LogP contribution in [0.5, 0.6) is 0 Å². The number of aryl methyl sites for hydroxylation is 2. The van der Waals surface area contributed by atoms with Crippen molar-refractivity contribution in [3.63, 3.8) is 0 Å². The molecule has 0 aliphatic carbocycles. The minimum atomic E-state index is -3.67. The monoisotopic (exact) mass is 286 g/mol. The molecule has 4 nitrogen and oxygen atoms in total. The minimum Gasteiger partial charge on any atom is -0.199 e. The van der Waals surface area contributed by atoms with Crippen molar-refractivity contribution >= 4 is 20.8 Å². The van der Waals surface area contributed by atoms with Crippen molar-refractivity contribution in [2.75, 3.05) is 0 Å². The van der Waals surface area contributed by atoms with Crippen LogP contribution in [0.25, 0.3) is 10.8 Å². The highest BCUT2D eigenvalue weighted by atomic mass is 32.2. The molecule has 0 spiro atoms. The van der Waals surface area contributed by atoms with Crippen molar-refractivity contribution in [1.82, 2.24) is 9.19 Å². The molecule has 1 aromatic heterocycles. The van der Waals surface area contributed by atoms with Crippen molar-refractivity contribution in [3.8, 4) is 0 Å². The first-order chi connectivity index (χ1) is 9.50. The molecule has 102 valence electrons. The van der Waals surface area contributed by atoms with Gasteiger partial charge >= 0.3 is 0 Å². The summed E-state index contributed by atoms with van der Waals surface area (Å²) in [4.78, 5) is 0.279. The van der Waals surface area contributed by atoms with Gasteiger partial charge in [0.25, 0.3) is 10.0 Å². The second kappa shape index (κ2) is 4.45. The lowest BCUT2D eigenvalue weighted by molar-refractivity contribution is 0.578. The minimum absolute atomic E-state index is 0.279. The highest BCUT2D eigenvalue weighted by Crippen LogP contribution is 2.25. The highest BCUT2D eigenvalue weighted by Gasteiger charge is 2.22. The Morgan fingerprint density at radius 3 is 2.40 bits per heavy atom. The molecular weight excluding hydrogens is 272 g/mol. The summed E-state index contributed by atoms with van der Waals surface area (Å²) in [5.41, 5.74) is 1.29. The van der Waals surface area contributed by atoms with E-state index >= 15 is 0 Å². The maximum Gasteiger partial charge on any atom is 0.283 e. The Morgan fingerprint density at radius 2 is 1.70 bits per heavy atom. The number of rotatable bonds is 2. The van der Waals surface area contributed by atoms with Gasteiger partial charge in [0.1, 0.15) is 0 Å². The largest absolute Gasteiger partial charge is 0.283 e. The Kier molecular flexibility index (Phi) is 2.87. The third-order valence-corrected chi connectivity index (χ3v) is 4.96. The summed E-state index contributed by atoms with van der Waals surface area (Å²) in [6.07, 6.45) is 0. The smallest absolute Gasteiger partial charge is 0.199 e. The van der Waals surface area contributed by atoms with Crippen LogP contribution >= 0.6 is 0 Å². The van der Waals surface area contributed by atoms with Crippen LogP contribution in [0.1, 0.15) is 11.4 Å². The van der Waals surface area contributed by atoms with Gasteiger partial charge in [-0.1, -0.05) is 36.4 Å². The van der Waals surface area contributed by atoms with Gasteiger partial charge in [-0.15, -0.1) is 0 Å². The van der Waals surface area contributed by atoms with Crippen molar-refractivity contribution in [3.05, 3.63) is 59.9 Å². The average molecular weight is 286 g/mol. The number of hydrogen-bond acceptors (Lipinski definition) is 3. The molecule has 0 N–H and O–H groups in total. The topological polar surface area (TPSA) is 52.0 Å². The van der Waals surface area contributed by atoms with Gasteiger partial charge in [-0.2, -0.15) is 17.6 Å². The van der Waals surface area contributed by atoms with E-state index in [-0.39, 0.29) is 4.90 Å². The molecule has 0 saturated carbocycles. The zero-order valence-corrected chi connectivity index (χ0v) is 12.1. The Labute approximate surface area is 117 Å². The molecule has 2 aromatic carbocycles. The highest BCUT2D eigenvalue weighted by molar-refractivity contribution is 7.90. The molecule has 0 atom stereocenters. The van der Waals surface area contributed by atoms with Gasteiger partial charge < -0.3 is 0 Å². The van der Waals surface area contributed by atoms with Gasteiger partial charge in [0.05, 0.1) is 16.3 Å². The number of hydrogen-bond donors (Lipinski definition) is 0. The first-order valence-electron chi connectivity index (χ1n) is 6.27. The Balaban J connectivity index is 2.32. The summed E-state index contributed by atoms with van der Waals surface area (Å²) in [6, 6.07) is 14.5. The van der Waals surface area contributed by atoms with Gasteiger partial charge in [0.15, 0.2) is 0 Å². The summed E-state index contributed by atoms with van der Waals surface area (Å²) < 4.78 is 26.7. The molecule has 0 aliphatic rings. The molecule has 0 unspecified atom stereocenters. The summed E-state index contributed by atoms with van der Waals surface area (Å²) >= 11 is 0. The first-order valence-corrected chi connectivity index (χ1v) is 7.71. The molecule has 0 saturated heterocycles. The maximum atomic E-state index is 12.8. The van der Waals surface area contributed by atoms with E-state index in [4.69, 9.17) is 0 Å². The summed E-state index contributed by atoms with van der Waals surface area (Å²) in [5.74, 6) is 0. The molecule has 20 heavy (non-hydrogen) atoms. The number of fused-ring (bicyclic) bond motifs is 1. The van der Waals surface area contributed by atoms with E-state index in [1.807, 2.05) is 30.3 Å². The first kappa shape index (κ1) is 12.9. The fourth-order valence-corrected chi connectivity index (χ4v) is 3.93. The van der Waals surface area contributed by atoms with Crippen LogP contribution in [-0.2, 0) is 10.0 Å². The molecule has 3 aromatic rings. The Hall–Kier alpha value is -2.14. The number of benzene rings is 2. The van der Waals surface area contributed by atoms with Gasteiger partial charge in [-0.3, -0.25) is 0 Å². The van der Waals surface area contributed by atoms with Gasteiger partial charge in [0, 0.05) is 5.39 Å². The van der Waals surface area contributed by atoms with E-state index in [9.17, 15) is 8.42 Å². The van der Waals surface area contributed by atoms with Crippen LogP contribution in [0.2, 0.25) is 0 Å². The van der Waals surface area contributed by atoms with Gasteiger partial charge in [-0.25, -0.2) is 0 Å². The predicted molar refractivity (Wildman–Crippen MR) is 78.2 cm³/mol. The second-order valence-electron chi connectivity index (χ2n) is 4.75. The summed E-state index contributed by atoms with van der Waals surface area (Å²) in [7, 11) is -3.67. The van der Waals surface area contributed by atoms with Crippen molar-refractivity contribution < 1.29 is 8.42 Å². The molecule has 0 bridgehead atoms. The Morgan fingerprint density at radius 1 is 1.00 bits per heavy atom. The van der Waals surface area contributed by atoms with E-state index in [0.717, 1.165) is 9.47 Å². The van der Waals surface area contributed by atoms with E-state index in [1.54, 1.807) is 32.0 Å². The third kappa shape index (κ3) is 1.91. The van der Waals surface area contributed by atoms with E-state index in [2.05, 4.69) is 5.10 Å². The maximum absolute atomic E-state index is 12.8. The zero-order valence-electron chi connectivity index (χ0n) is 11.2. The van der Waals surface area contributed by atoms with Gasteiger partial charge in [-0.05, 0) is 31.4 Å². The van der Waals surface area contributed by atoms with E-state index < -0.39 is 10.0 Å². The van der Waals surface area contributed by atoms with Crippen LogP contribution in [0.3, 0.4) is 0 Å². The molecule has 0 aliphatic heterocycles. The molecule has 5 heteroatoms. The van der Waals surface area contributed by atoms with Crippen molar-refractivity contribution in [2.45, 2.75) is 18.7 Å². The SMILES string of the molecule is Cc1cc(C)n(S(=O)(=O)c2cccc3ccccc23)n1. The van der Waals surface area contributed by atoms with Crippen LogP contribution in [0.15, 0.2) is 53.4 Å². The zero-order chi connectivity index (χ0) is 14.3. The molecule has 0 fully saturated rings. The van der Waals surface area contributed by atoms with Crippen LogP contribution < -0.4 is 0 Å². The van der Waals surface area contributed by atoms with E-state index in [0.29, 0.717) is 16.8 Å². The number of aromatic nitrogens is 2. The Bertz CT molecular complexity index is 890. The third-order valence-electron chi connectivity index (χ3n) is 3.22. The summed E-state index contributed by atoms with van der Waals surface area (Å²) in [6.45, 7) is 3.52. The summed E-state index contributed by atoms with van der Waals surface area (Å²) in [5, 5.41) is 5.70. The molecule has 3 rings (SSSR count). The van der Waals surface area contributed by atoms with Crippen LogP contribution in [0, 0.1) is 13.8 Å². The lowest BCUT2D eigenvalue weighted by atomic mass is 10.1. The van der Waals surface area contributed by atoms with Crippen LogP contribution in [-0.4, -0.2) is 17.6 Å². The fraction of sp³-hybridized carbons (Fsp3) is 0.133. The van der Waals surface area contributed by atoms with E-state index in [1.165, 1.54) is 0 Å². The fourth-order valence-electron chi connectivity index (χ4n) is 2.37. The quantitative estimate of drug-likeness (QED) is 0.728.